The first-order valence-corrected chi connectivity index (χ1v) is 10.2. The Morgan fingerprint density at radius 3 is 2.50 bits per heavy atom. The highest BCUT2D eigenvalue weighted by Crippen LogP contribution is 2.35. The summed E-state index contributed by atoms with van der Waals surface area (Å²) in [6.45, 7) is 12.1. The van der Waals surface area contributed by atoms with Gasteiger partial charge in [-0.15, -0.1) is 0 Å². The number of carbonyl (C=O) groups excluding carboxylic acids is 1. The average molecular weight is 394 g/mol. The second-order valence-corrected chi connectivity index (χ2v) is 8.71. The molecule has 1 saturated heterocycles. The van der Waals surface area contributed by atoms with Crippen molar-refractivity contribution in [2.24, 2.45) is 11.8 Å². The van der Waals surface area contributed by atoms with Gasteiger partial charge in [-0.3, -0.25) is 9.69 Å². The molecule has 0 unspecified atom stereocenters. The predicted molar refractivity (Wildman–Crippen MR) is 113 cm³/mol. The Labute approximate surface area is 165 Å². The molecule has 1 aliphatic heterocycles. The third kappa shape index (κ3) is 5.48. The maximum Gasteiger partial charge on any atom is 0.266 e. The maximum absolute atomic E-state index is 12.6. The third-order valence-corrected chi connectivity index (χ3v) is 4.94. The van der Waals surface area contributed by atoms with E-state index in [4.69, 9.17) is 21.7 Å². The van der Waals surface area contributed by atoms with Crippen LogP contribution in [0.1, 0.15) is 40.2 Å². The van der Waals surface area contributed by atoms with Gasteiger partial charge in [0.15, 0.2) is 11.5 Å². The molecule has 1 aromatic carbocycles. The monoisotopic (exact) mass is 393 g/mol. The lowest BCUT2D eigenvalue weighted by molar-refractivity contribution is -0.122. The lowest BCUT2D eigenvalue weighted by Gasteiger charge is -2.16. The summed E-state index contributed by atoms with van der Waals surface area (Å²) in [5.41, 5.74) is 0.899. The minimum Gasteiger partial charge on any atom is -0.490 e. The first-order valence-electron chi connectivity index (χ1n) is 8.96. The zero-order valence-corrected chi connectivity index (χ0v) is 17.7. The van der Waals surface area contributed by atoms with Crippen molar-refractivity contribution in [3.63, 3.8) is 0 Å². The second-order valence-electron chi connectivity index (χ2n) is 7.03. The molecular formula is C20H27NO3S2. The van der Waals surface area contributed by atoms with Crippen molar-refractivity contribution in [2.75, 3.05) is 19.8 Å². The van der Waals surface area contributed by atoms with E-state index in [9.17, 15) is 4.79 Å². The molecule has 0 bridgehead atoms. The van der Waals surface area contributed by atoms with Crippen LogP contribution in [0.15, 0.2) is 23.1 Å². The molecule has 0 radical (unpaired) electrons. The fourth-order valence-electron chi connectivity index (χ4n) is 2.43. The second kappa shape index (κ2) is 9.42. The van der Waals surface area contributed by atoms with Gasteiger partial charge in [-0.25, -0.2) is 0 Å². The number of ether oxygens (including phenoxy) is 2. The normalized spacial score (nSPS) is 16.3. The van der Waals surface area contributed by atoms with Crippen molar-refractivity contribution in [3.05, 3.63) is 28.7 Å². The lowest BCUT2D eigenvalue weighted by Crippen LogP contribution is -2.31. The van der Waals surface area contributed by atoms with Crippen LogP contribution in [-0.4, -0.2) is 34.9 Å². The van der Waals surface area contributed by atoms with Gasteiger partial charge in [-0.05, 0) is 42.5 Å². The smallest absolute Gasteiger partial charge is 0.266 e. The largest absolute Gasteiger partial charge is 0.490 e. The van der Waals surface area contributed by atoms with E-state index in [1.54, 1.807) is 4.90 Å². The van der Waals surface area contributed by atoms with Crippen LogP contribution in [0.2, 0.25) is 0 Å². The van der Waals surface area contributed by atoms with Gasteiger partial charge in [-0.2, -0.15) is 0 Å². The Morgan fingerprint density at radius 1 is 1.15 bits per heavy atom. The summed E-state index contributed by atoms with van der Waals surface area (Å²) in [6.07, 6.45) is 1.87. The van der Waals surface area contributed by atoms with Crippen LogP contribution >= 0.6 is 24.0 Å². The number of amides is 1. The van der Waals surface area contributed by atoms with Gasteiger partial charge in [-0.1, -0.05) is 57.7 Å². The Balaban J connectivity index is 2.23. The molecule has 1 aliphatic rings. The van der Waals surface area contributed by atoms with E-state index < -0.39 is 0 Å². The number of nitrogens with zero attached hydrogens (tertiary/aromatic N) is 1. The number of hydrogen-bond acceptors (Lipinski definition) is 5. The van der Waals surface area contributed by atoms with Crippen LogP contribution < -0.4 is 9.47 Å². The quantitative estimate of drug-likeness (QED) is 0.460. The molecular weight excluding hydrogens is 366 g/mol. The first-order chi connectivity index (χ1) is 12.3. The predicted octanol–water partition coefficient (Wildman–Crippen LogP) is 4.98. The molecule has 26 heavy (non-hydrogen) atoms. The van der Waals surface area contributed by atoms with Crippen LogP contribution in [-0.2, 0) is 4.79 Å². The Bertz CT molecular complexity index is 698. The Hall–Kier alpha value is -1.53. The minimum absolute atomic E-state index is 0.0215. The highest BCUT2D eigenvalue weighted by Gasteiger charge is 2.32. The van der Waals surface area contributed by atoms with E-state index in [1.807, 2.05) is 31.2 Å². The van der Waals surface area contributed by atoms with Gasteiger partial charge >= 0.3 is 0 Å². The Morgan fingerprint density at radius 2 is 1.88 bits per heavy atom. The Kier molecular flexibility index (Phi) is 7.53. The molecule has 1 amide bonds. The number of benzene rings is 1. The van der Waals surface area contributed by atoms with Crippen LogP contribution in [0.3, 0.4) is 0 Å². The zero-order chi connectivity index (χ0) is 19.3. The van der Waals surface area contributed by atoms with Gasteiger partial charge in [0.25, 0.3) is 5.91 Å². The fourth-order valence-corrected chi connectivity index (χ4v) is 3.71. The molecule has 1 fully saturated rings. The molecule has 4 nitrogen and oxygen atoms in total. The maximum atomic E-state index is 12.6. The third-order valence-electron chi connectivity index (χ3n) is 3.56. The van der Waals surface area contributed by atoms with Crippen molar-refractivity contribution in [1.29, 1.82) is 0 Å². The van der Waals surface area contributed by atoms with Gasteiger partial charge in [0.2, 0.25) is 0 Å². The van der Waals surface area contributed by atoms with Gasteiger partial charge < -0.3 is 9.47 Å². The van der Waals surface area contributed by atoms with Crippen molar-refractivity contribution in [2.45, 2.75) is 34.6 Å². The summed E-state index contributed by atoms with van der Waals surface area (Å²) in [7, 11) is 0. The molecule has 6 heteroatoms. The molecule has 1 heterocycles. The van der Waals surface area contributed by atoms with Crippen molar-refractivity contribution in [3.8, 4) is 11.5 Å². The minimum atomic E-state index is -0.0215. The van der Waals surface area contributed by atoms with Gasteiger partial charge in [0.05, 0.1) is 18.1 Å². The molecule has 142 valence electrons. The summed E-state index contributed by atoms with van der Waals surface area (Å²) in [6, 6.07) is 5.75. The summed E-state index contributed by atoms with van der Waals surface area (Å²) >= 11 is 6.71. The zero-order valence-electron chi connectivity index (χ0n) is 16.1. The number of carbonyl (C=O) groups is 1. The summed E-state index contributed by atoms with van der Waals surface area (Å²) in [4.78, 5) is 14.9. The van der Waals surface area contributed by atoms with Crippen LogP contribution in [0, 0.1) is 11.8 Å². The van der Waals surface area contributed by atoms with E-state index in [2.05, 4.69) is 27.7 Å². The van der Waals surface area contributed by atoms with Gasteiger partial charge in [0.1, 0.15) is 4.32 Å². The van der Waals surface area contributed by atoms with E-state index in [-0.39, 0.29) is 5.91 Å². The van der Waals surface area contributed by atoms with Crippen LogP contribution in [0.5, 0.6) is 11.5 Å². The standard InChI is InChI=1S/C20H27NO3S2/c1-6-23-17-9-15(7-8-16(17)24-12-14(4)5)10-18-19(22)21(11-13(2)3)20(25)26-18/h7-10,13-14H,6,11-12H2,1-5H3/b18-10-. The summed E-state index contributed by atoms with van der Waals surface area (Å²) in [5, 5.41) is 0. The highest BCUT2D eigenvalue weighted by molar-refractivity contribution is 8.26. The first kappa shape index (κ1) is 20.8. The lowest BCUT2D eigenvalue weighted by atomic mass is 10.1. The van der Waals surface area contributed by atoms with E-state index in [1.165, 1.54) is 11.8 Å². The van der Waals surface area contributed by atoms with E-state index >= 15 is 0 Å². The van der Waals surface area contributed by atoms with Crippen molar-refractivity contribution >= 4 is 40.3 Å². The van der Waals surface area contributed by atoms with Crippen molar-refractivity contribution < 1.29 is 14.3 Å². The molecule has 0 aromatic heterocycles. The van der Waals surface area contributed by atoms with Gasteiger partial charge in [0, 0.05) is 6.54 Å². The van der Waals surface area contributed by atoms with Crippen molar-refractivity contribution in [1.82, 2.24) is 4.90 Å². The van der Waals surface area contributed by atoms with E-state index in [0.717, 1.165) is 11.3 Å². The number of hydrogen-bond donors (Lipinski definition) is 0. The van der Waals surface area contributed by atoms with Crippen LogP contribution in [0.25, 0.3) is 6.08 Å². The highest BCUT2D eigenvalue weighted by atomic mass is 32.2. The van der Waals surface area contributed by atoms with Crippen LogP contribution in [0.4, 0.5) is 0 Å². The molecule has 0 saturated carbocycles. The summed E-state index contributed by atoms with van der Waals surface area (Å²) in [5.74, 6) is 2.21. The molecule has 0 N–H and O–H groups in total. The molecule has 2 rings (SSSR count). The fraction of sp³-hybridized carbons (Fsp3) is 0.500. The van der Waals surface area contributed by atoms with E-state index in [0.29, 0.717) is 46.6 Å². The molecule has 0 aliphatic carbocycles. The number of thioether (sulfide) groups is 1. The number of thiocarbonyl (C=S) groups is 1. The molecule has 1 aromatic rings. The SMILES string of the molecule is CCOc1cc(/C=C2\SC(=S)N(CC(C)C)C2=O)ccc1OCC(C)C. The molecule has 0 spiro atoms. The average Bonchev–Trinajstić information content (AvgIpc) is 2.81. The summed E-state index contributed by atoms with van der Waals surface area (Å²) < 4.78 is 12.2. The topological polar surface area (TPSA) is 38.8 Å². The number of rotatable bonds is 8. The molecule has 0 atom stereocenters.